The normalized spacial score (nSPS) is 10.7. The summed E-state index contributed by atoms with van der Waals surface area (Å²) in [6, 6.07) is 9.30. The van der Waals surface area contributed by atoms with Gasteiger partial charge in [-0.2, -0.15) is 0 Å². The third kappa shape index (κ3) is 1.62. The predicted octanol–water partition coefficient (Wildman–Crippen LogP) is 1.43. The summed E-state index contributed by atoms with van der Waals surface area (Å²) in [6.07, 6.45) is 0. The second-order valence-corrected chi connectivity index (χ2v) is 4.19. The van der Waals surface area contributed by atoms with Crippen LogP contribution in [0, 0.1) is 0 Å². The molecule has 0 unspecified atom stereocenters. The van der Waals surface area contributed by atoms with Crippen molar-refractivity contribution >= 4 is 15.9 Å². The molecule has 16 heavy (non-hydrogen) atoms. The van der Waals surface area contributed by atoms with Gasteiger partial charge in [0.05, 0.1) is 18.0 Å². The largest absolute Gasteiger partial charge is 0.390 e. The lowest BCUT2D eigenvalue weighted by molar-refractivity contribution is 0.268. The van der Waals surface area contributed by atoms with Gasteiger partial charge in [0.2, 0.25) is 0 Å². The van der Waals surface area contributed by atoms with Crippen molar-refractivity contribution in [2.45, 2.75) is 6.61 Å². The fraction of sp³-hybridized carbons (Fsp3) is 0.182. The van der Waals surface area contributed by atoms with Gasteiger partial charge in [-0.15, -0.1) is 0 Å². The Morgan fingerprint density at radius 3 is 2.44 bits per heavy atom. The molecule has 0 spiro atoms. The highest BCUT2D eigenvalue weighted by Gasteiger charge is 2.15. The first-order valence-corrected chi connectivity index (χ1v) is 5.58. The predicted molar refractivity (Wildman–Crippen MR) is 64.6 cm³/mol. The zero-order valence-electron chi connectivity index (χ0n) is 8.72. The molecule has 2 aromatic rings. The van der Waals surface area contributed by atoms with Crippen LogP contribution in [0.4, 0.5) is 0 Å². The van der Waals surface area contributed by atoms with E-state index in [4.69, 9.17) is 0 Å². The highest BCUT2D eigenvalue weighted by atomic mass is 79.9. The maximum Gasteiger partial charge on any atom is 0.286 e. The molecule has 0 saturated carbocycles. The van der Waals surface area contributed by atoms with Gasteiger partial charge in [0.1, 0.15) is 4.47 Å². The fourth-order valence-corrected chi connectivity index (χ4v) is 2.20. The number of para-hydroxylation sites is 1. The average Bonchev–Trinajstić information content (AvgIpc) is 2.51. The fourth-order valence-electron chi connectivity index (χ4n) is 1.65. The van der Waals surface area contributed by atoms with Crippen molar-refractivity contribution < 1.29 is 5.11 Å². The number of rotatable bonds is 2. The summed E-state index contributed by atoms with van der Waals surface area (Å²) in [6.45, 7) is -0.174. The topological polar surface area (TPSA) is 47.2 Å². The third-order valence-electron chi connectivity index (χ3n) is 2.47. The van der Waals surface area contributed by atoms with E-state index in [0.717, 1.165) is 5.69 Å². The van der Waals surface area contributed by atoms with Crippen LogP contribution in [0.25, 0.3) is 5.69 Å². The van der Waals surface area contributed by atoms with Crippen LogP contribution in [-0.2, 0) is 13.7 Å². The number of aliphatic hydroxyl groups excluding tert-OH is 1. The second-order valence-electron chi connectivity index (χ2n) is 3.39. The molecule has 1 heterocycles. The molecular formula is C11H11BrN2O2. The SMILES string of the molecule is Cn1c(CO)c(Br)c(=O)n1-c1ccccc1. The van der Waals surface area contributed by atoms with Crippen molar-refractivity contribution in [3.05, 3.63) is 50.9 Å². The van der Waals surface area contributed by atoms with Crippen molar-refractivity contribution in [3.63, 3.8) is 0 Å². The zero-order chi connectivity index (χ0) is 11.7. The lowest BCUT2D eigenvalue weighted by Gasteiger charge is -2.08. The Morgan fingerprint density at radius 1 is 1.31 bits per heavy atom. The first kappa shape index (κ1) is 11.2. The Bertz CT molecular complexity index is 557. The monoisotopic (exact) mass is 282 g/mol. The van der Waals surface area contributed by atoms with Crippen LogP contribution >= 0.6 is 15.9 Å². The molecule has 1 aromatic heterocycles. The number of benzene rings is 1. The summed E-state index contributed by atoms with van der Waals surface area (Å²) in [7, 11) is 1.74. The average molecular weight is 283 g/mol. The van der Waals surface area contributed by atoms with Crippen molar-refractivity contribution in [1.29, 1.82) is 0 Å². The van der Waals surface area contributed by atoms with Gasteiger partial charge in [0.25, 0.3) is 5.56 Å². The van der Waals surface area contributed by atoms with E-state index in [1.165, 1.54) is 4.68 Å². The number of halogens is 1. The number of hydrogen-bond donors (Lipinski definition) is 1. The van der Waals surface area contributed by atoms with Crippen molar-refractivity contribution in [2.75, 3.05) is 0 Å². The summed E-state index contributed by atoms with van der Waals surface area (Å²) in [5, 5.41) is 9.18. The molecule has 0 radical (unpaired) electrons. The van der Waals surface area contributed by atoms with Gasteiger partial charge < -0.3 is 5.11 Å². The van der Waals surface area contributed by atoms with E-state index >= 15 is 0 Å². The van der Waals surface area contributed by atoms with Gasteiger partial charge >= 0.3 is 0 Å². The van der Waals surface area contributed by atoms with E-state index in [-0.39, 0.29) is 12.2 Å². The summed E-state index contributed by atoms with van der Waals surface area (Å²) >= 11 is 3.20. The van der Waals surface area contributed by atoms with Crippen molar-refractivity contribution in [3.8, 4) is 5.69 Å². The molecule has 1 aromatic carbocycles. The lowest BCUT2D eigenvalue weighted by Crippen LogP contribution is -2.19. The Kier molecular flexibility index (Phi) is 2.98. The van der Waals surface area contributed by atoms with Crippen molar-refractivity contribution in [1.82, 2.24) is 9.36 Å². The molecule has 1 N–H and O–H groups in total. The molecule has 2 rings (SSSR count). The minimum Gasteiger partial charge on any atom is -0.390 e. The van der Waals surface area contributed by atoms with Gasteiger partial charge in [-0.3, -0.25) is 9.48 Å². The summed E-state index contributed by atoms with van der Waals surface area (Å²) < 4.78 is 3.55. The maximum absolute atomic E-state index is 12.0. The zero-order valence-corrected chi connectivity index (χ0v) is 10.3. The number of aromatic nitrogens is 2. The van der Waals surface area contributed by atoms with Crippen LogP contribution in [0.3, 0.4) is 0 Å². The Balaban J connectivity index is 2.72. The van der Waals surface area contributed by atoms with Crippen LogP contribution in [0.1, 0.15) is 5.69 Å². The van der Waals surface area contributed by atoms with E-state index in [1.54, 1.807) is 11.7 Å². The minimum absolute atomic E-state index is 0.169. The smallest absolute Gasteiger partial charge is 0.286 e. The Morgan fingerprint density at radius 2 is 1.94 bits per heavy atom. The maximum atomic E-state index is 12.0. The summed E-state index contributed by atoms with van der Waals surface area (Å²) in [5.41, 5.74) is 1.17. The van der Waals surface area contributed by atoms with E-state index in [0.29, 0.717) is 10.2 Å². The van der Waals surface area contributed by atoms with Crippen LogP contribution in [0.5, 0.6) is 0 Å². The number of hydrogen-bond acceptors (Lipinski definition) is 2. The quantitative estimate of drug-likeness (QED) is 0.906. The van der Waals surface area contributed by atoms with Gasteiger partial charge in [0, 0.05) is 7.05 Å². The number of nitrogens with zero attached hydrogens (tertiary/aromatic N) is 2. The molecule has 0 aliphatic carbocycles. The molecule has 0 aliphatic rings. The summed E-state index contributed by atoms with van der Waals surface area (Å²) in [4.78, 5) is 12.0. The van der Waals surface area contributed by atoms with Gasteiger partial charge in [-0.25, -0.2) is 4.68 Å². The Labute approximate surface area is 101 Å². The first-order valence-electron chi connectivity index (χ1n) is 4.79. The Hall–Kier alpha value is -1.33. The third-order valence-corrected chi connectivity index (χ3v) is 3.27. The first-order chi connectivity index (χ1) is 7.66. The second kappa shape index (κ2) is 4.27. The molecule has 4 nitrogen and oxygen atoms in total. The van der Waals surface area contributed by atoms with Gasteiger partial charge in [-0.1, -0.05) is 18.2 Å². The molecular weight excluding hydrogens is 272 g/mol. The highest BCUT2D eigenvalue weighted by Crippen LogP contribution is 2.15. The standard InChI is InChI=1S/C11H11BrN2O2/c1-13-9(7-15)10(12)11(16)14(13)8-5-3-2-4-6-8/h2-6,15H,7H2,1H3. The number of aliphatic hydroxyl groups is 1. The molecule has 0 aliphatic heterocycles. The van der Waals surface area contributed by atoms with Crippen LogP contribution in [0.2, 0.25) is 0 Å². The molecule has 0 bridgehead atoms. The molecule has 84 valence electrons. The van der Waals surface area contributed by atoms with Crippen molar-refractivity contribution in [2.24, 2.45) is 7.05 Å². The lowest BCUT2D eigenvalue weighted by atomic mass is 10.3. The molecule has 0 atom stereocenters. The van der Waals surface area contributed by atoms with Crippen LogP contribution in [-0.4, -0.2) is 14.5 Å². The highest BCUT2D eigenvalue weighted by molar-refractivity contribution is 9.10. The van der Waals surface area contributed by atoms with Gasteiger partial charge in [0.15, 0.2) is 0 Å². The van der Waals surface area contributed by atoms with E-state index in [9.17, 15) is 9.90 Å². The molecule has 5 heteroatoms. The van der Waals surface area contributed by atoms with Crippen LogP contribution in [0.15, 0.2) is 39.6 Å². The summed E-state index contributed by atoms with van der Waals surface area (Å²) in [5.74, 6) is 0. The van der Waals surface area contributed by atoms with E-state index < -0.39 is 0 Å². The minimum atomic E-state index is -0.174. The van der Waals surface area contributed by atoms with E-state index in [2.05, 4.69) is 15.9 Å². The molecule has 0 fully saturated rings. The van der Waals surface area contributed by atoms with Crippen LogP contribution < -0.4 is 5.56 Å². The molecule has 0 amide bonds. The van der Waals surface area contributed by atoms with E-state index in [1.807, 2.05) is 30.3 Å². The van der Waals surface area contributed by atoms with Gasteiger partial charge in [-0.05, 0) is 28.1 Å². The molecule has 0 saturated heterocycles.